The molecule has 9 heteroatoms. The zero-order valence-electron chi connectivity index (χ0n) is 15.4. The summed E-state index contributed by atoms with van der Waals surface area (Å²) in [4.78, 5) is 16.4. The highest BCUT2D eigenvalue weighted by molar-refractivity contribution is 7.89. The van der Waals surface area contributed by atoms with Crippen molar-refractivity contribution >= 4 is 22.0 Å². The maximum Gasteiger partial charge on any atom is 0.262 e. The smallest absolute Gasteiger partial charge is 0.262 e. The zero-order valence-corrected chi connectivity index (χ0v) is 16.3. The first kappa shape index (κ1) is 19.7. The lowest BCUT2D eigenvalue weighted by molar-refractivity contribution is -0.117. The van der Waals surface area contributed by atoms with E-state index in [0.29, 0.717) is 17.6 Å². The largest absolute Gasteiger partial charge is 0.348 e. The summed E-state index contributed by atoms with van der Waals surface area (Å²) in [7, 11) is -3.95. The Bertz CT molecular complexity index is 1080. The van der Waals surface area contributed by atoms with Gasteiger partial charge in [0.05, 0.1) is 11.4 Å². The molecule has 1 aliphatic heterocycles. The number of nitrogens with zero attached hydrogens (tertiary/aromatic N) is 2. The van der Waals surface area contributed by atoms with Crippen molar-refractivity contribution < 1.29 is 22.0 Å². The molecule has 4 rings (SSSR count). The molecule has 1 aromatic carbocycles. The van der Waals surface area contributed by atoms with Gasteiger partial charge in [-0.15, -0.1) is 0 Å². The van der Waals surface area contributed by atoms with Gasteiger partial charge in [0.15, 0.2) is 0 Å². The van der Waals surface area contributed by atoms with E-state index in [4.69, 9.17) is 0 Å². The summed E-state index contributed by atoms with van der Waals surface area (Å²) < 4.78 is 52.5. The van der Waals surface area contributed by atoms with Gasteiger partial charge in [0.1, 0.15) is 0 Å². The number of benzene rings is 1. The molecule has 2 aromatic rings. The molecule has 0 spiro atoms. The fourth-order valence-corrected chi connectivity index (χ4v) is 4.92. The molecule has 1 aliphatic carbocycles. The van der Waals surface area contributed by atoms with E-state index in [1.54, 1.807) is 24.5 Å². The Labute approximate surface area is 167 Å². The molecule has 0 unspecified atom stereocenters. The third-order valence-corrected chi connectivity index (χ3v) is 6.95. The highest BCUT2D eigenvalue weighted by Gasteiger charge is 2.43. The van der Waals surface area contributed by atoms with Crippen molar-refractivity contribution in [2.24, 2.45) is 0 Å². The molecule has 1 fully saturated rings. The van der Waals surface area contributed by atoms with E-state index in [-0.39, 0.29) is 23.9 Å². The number of halogens is 2. The third-order valence-electron chi connectivity index (χ3n) is 5.09. The Morgan fingerprint density at radius 1 is 1.21 bits per heavy atom. The molecular weight excluding hydrogens is 400 g/mol. The van der Waals surface area contributed by atoms with Gasteiger partial charge >= 0.3 is 0 Å². The van der Waals surface area contributed by atoms with Crippen LogP contribution in [0, 0.1) is 0 Å². The van der Waals surface area contributed by atoms with Crippen molar-refractivity contribution in [3.05, 3.63) is 65.0 Å². The van der Waals surface area contributed by atoms with E-state index >= 15 is 0 Å². The topological polar surface area (TPSA) is 79.4 Å². The van der Waals surface area contributed by atoms with Crippen molar-refractivity contribution in [1.82, 2.24) is 14.6 Å². The molecule has 0 saturated carbocycles. The van der Waals surface area contributed by atoms with Crippen molar-refractivity contribution in [2.45, 2.75) is 30.2 Å². The van der Waals surface area contributed by atoms with Crippen LogP contribution in [0.15, 0.2) is 53.2 Å². The summed E-state index contributed by atoms with van der Waals surface area (Å²) in [5, 5.41) is 2.81. The van der Waals surface area contributed by atoms with Gasteiger partial charge in [0.25, 0.3) is 5.92 Å². The molecular formula is C20H19F2N3O3S. The van der Waals surface area contributed by atoms with Crippen LogP contribution in [0.25, 0.3) is 6.08 Å². The van der Waals surface area contributed by atoms with Gasteiger partial charge < -0.3 is 5.32 Å². The lowest BCUT2D eigenvalue weighted by Crippen LogP contribution is -2.31. The number of aromatic nitrogens is 1. The average Bonchev–Trinajstić information content (AvgIpc) is 3.29. The average molecular weight is 419 g/mol. The lowest BCUT2D eigenvalue weighted by Gasteiger charge is -2.16. The van der Waals surface area contributed by atoms with E-state index in [1.807, 2.05) is 12.1 Å². The van der Waals surface area contributed by atoms with Gasteiger partial charge in [-0.2, -0.15) is 4.31 Å². The zero-order chi connectivity index (χ0) is 20.6. The number of hydrogen-bond acceptors (Lipinski definition) is 4. The van der Waals surface area contributed by atoms with Crippen LogP contribution >= 0.6 is 0 Å². The summed E-state index contributed by atoms with van der Waals surface area (Å²) in [5.41, 5.74) is 3.33. The quantitative estimate of drug-likeness (QED) is 0.807. The standard InChI is InChI=1S/C20H19F2N3O3S/c21-20(22)6-8-25(13-20)29(27,28)18-3-1-14(2-4-18)11-24-19(26)16-9-15-5-7-23-12-17(15)10-16/h1-5,7,9,12H,6,8,10-11,13H2,(H,24,26). The molecule has 2 heterocycles. The maximum absolute atomic E-state index is 13.3. The number of carbonyl (C=O) groups excluding carboxylic acids is 1. The maximum atomic E-state index is 13.3. The molecule has 2 aliphatic rings. The van der Waals surface area contributed by atoms with Crippen molar-refractivity contribution in [3.63, 3.8) is 0 Å². The van der Waals surface area contributed by atoms with Gasteiger partial charge in [-0.3, -0.25) is 9.78 Å². The highest BCUT2D eigenvalue weighted by atomic mass is 32.2. The van der Waals surface area contributed by atoms with Crippen LogP contribution in [-0.2, 0) is 27.8 Å². The van der Waals surface area contributed by atoms with Gasteiger partial charge in [-0.25, -0.2) is 17.2 Å². The summed E-state index contributed by atoms with van der Waals surface area (Å²) >= 11 is 0. The fourth-order valence-electron chi connectivity index (χ4n) is 3.45. The second kappa shape index (κ2) is 7.31. The molecule has 0 atom stereocenters. The number of amides is 1. The predicted octanol–water partition coefficient (Wildman–Crippen LogP) is 2.37. The van der Waals surface area contributed by atoms with E-state index < -0.39 is 28.9 Å². The Morgan fingerprint density at radius 3 is 2.62 bits per heavy atom. The number of carbonyl (C=O) groups is 1. The van der Waals surface area contributed by atoms with Crippen molar-refractivity contribution in [3.8, 4) is 0 Å². The van der Waals surface area contributed by atoms with E-state index in [2.05, 4.69) is 10.3 Å². The Hall–Kier alpha value is -2.65. The minimum Gasteiger partial charge on any atom is -0.348 e. The van der Waals surface area contributed by atoms with Gasteiger partial charge in [0.2, 0.25) is 15.9 Å². The molecule has 1 N–H and O–H groups in total. The molecule has 152 valence electrons. The SMILES string of the molecule is O=C(NCc1ccc(S(=O)(=O)N2CCC(F)(F)C2)cc1)C1=Cc2ccncc2C1. The van der Waals surface area contributed by atoms with E-state index in [1.165, 1.54) is 12.1 Å². The van der Waals surface area contributed by atoms with E-state index in [0.717, 1.165) is 15.4 Å². The monoisotopic (exact) mass is 419 g/mol. The number of pyridine rings is 1. The first-order valence-corrected chi connectivity index (χ1v) is 10.6. The number of nitrogens with one attached hydrogen (secondary N) is 1. The minimum absolute atomic E-state index is 0.0354. The number of hydrogen-bond donors (Lipinski definition) is 1. The van der Waals surface area contributed by atoms with Crippen LogP contribution < -0.4 is 5.32 Å². The minimum atomic E-state index is -3.95. The fraction of sp³-hybridized carbons (Fsp3) is 0.300. The van der Waals surface area contributed by atoms with Crippen molar-refractivity contribution in [1.29, 1.82) is 0 Å². The summed E-state index contributed by atoms with van der Waals surface area (Å²) in [6.45, 7) is -0.757. The number of fused-ring (bicyclic) bond motifs is 1. The summed E-state index contributed by atoms with van der Waals surface area (Å²) in [6, 6.07) is 7.75. The highest BCUT2D eigenvalue weighted by Crippen LogP contribution is 2.31. The van der Waals surface area contributed by atoms with Crippen LogP contribution in [0.1, 0.15) is 23.1 Å². The lowest BCUT2D eigenvalue weighted by atomic mass is 10.1. The summed E-state index contributed by atoms with van der Waals surface area (Å²) in [6.07, 6.45) is 5.29. The second-order valence-corrected chi connectivity index (χ2v) is 9.13. The molecule has 1 saturated heterocycles. The molecule has 29 heavy (non-hydrogen) atoms. The van der Waals surface area contributed by atoms with Gasteiger partial charge in [-0.05, 0) is 41.0 Å². The Balaban J connectivity index is 1.37. The van der Waals surface area contributed by atoms with Crippen LogP contribution in [-0.4, -0.2) is 42.6 Å². The molecule has 6 nitrogen and oxygen atoms in total. The normalized spacial score (nSPS) is 18.3. The van der Waals surface area contributed by atoms with Crippen molar-refractivity contribution in [2.75, 3.05) is 13.1 Å². The molecule has 1 aromatic heterocycles. The van der Waals surface area contributed by atoms with Gasteiger partial charge in [-0.1, -0.05) is 12.1 Å². The van der Waals surface area contributed by atoms with Crippen LogP contribution in [0.3, 0.4) is 0 Å². The van der Waals surface area contributed by atoms with Crippen LogP contribution in [0.2, 0.25) is 0 Å². The number of rotatable bonds is 5. The Kier molecular flexibility index (Phi) is 4.95. The van der Waals surface area contributed by atoms with E-state index in [9.17, 15) is 22.0 Å². The Morgan fingerprint density at radius 2 is 1.97 bits per heavy atom. The first-order chi connectivity index (χ1) is 13.7. The first-order valence-electron chi connectivity index (χ1n) is 9.13. The second-order valence-electron chi connectivity index (χ2n) is 7.19. The third kappa shape index (κ3) is 4.06. The molecule has 1 amide bonds. The van der Waals surface area contributed by atoms with Gasteiger partial charge in [0, 0.05) is 43.9 Å². The number of alkyl halides is 2. The molecule has 0 bridgehead atoms. The summed E-state index contributed by atoms with van der Waals surface area (Å²) in [5.74, 6) is -3.18. The molecule has 0 radical (unpaired) electrons. The van der Waals surface area contributed by atoms with Crippen LogP contribution in [0.4, 0.5) is 8.78 Å². The number of sulfonamides is 1. The predicted molar refractivity (Wildman–Crippen MR) is 103 cm³/mol. The van der Waals surface area contributed by atoms with Crippen LogP contribution in [0.5, 0.6) is 0 Å².